The highest BCUT2D eigenvalue weighted by Gasteiger charge is 2.07. The summed E-state index contributed by atoms with van der Waals surface area (Å²) in [6, 6.07) is 10.7. The van der Waals surface area contributed by atoms with Gasteiger partial charge in [0.2, 0.25) is 0 Å². The monoisotopic (exact) mass is 288 g/mol. The maximum Gasteiger partial charge on any atom is 0.101 e. The number of para-hydroxylation sites is 1. The van der Waals surface area contributed by atoms with Gasteiger partial charge < -0.3 is 5.32 Å². The number of nitrogens with one attached hydrogen (secondary N) is 1. The molecule has 0 aliphatic heterocycles. The Morgan fingerprint density at radius 3 is 2.80 bits per heavy atom. The van der Waals surface area contributed by atoms with Gasteiger partial charge in [0.05, 0.1) is 5.52 Å². The van der Waals surface area contributed by atoms with E-state index in [1.165, 1.54) is 22.4 Å². The third kappa shape index (κ3) is 4.22. The Morgan fingerprint density at radius 1 is 1.25 bits per heavy atom. The average molecular weight is 288 g/mol. The van der Waals surface area contributed by atoms with Crippen LogP contribution in [0, 0.1) is 5.92 Å². The number of nitrogens with zero attached hydrogens (tertiary/aromatic N) is 1. The van der Waals surface area contributed by atoms with Crippen LogP contribution in [0.1, 0.15) is 32.8 Å². The molecule has 20 heavy (non-hydrogen) atoms. The zero-order valence-electron chi connectivity index (χ0n) is 12.6. The summed E-state index contributed by atoms with van der Waals surface area (Å²) in [4.78, 5) is 4.83. The highest BCUT2D eigenvalue weighted by molar-refractivity contribution is 7.99. The van der Waals surface area contributed by atoms with Gasteiger partial charge in [-0.25, -0.2) is 4.98 Å². The first-order chi connectivity index (χ1) is 9.70. The lowest BCUT2D eigenvalue weighted by Crippen LogP contribution is -2.19. The number of benzene rings is 1. The summed E-state index contributed by atoms with van der Waals surface area (Å²) in [6.07, 6.45) is 1.18. The van der Waals surface area contributed by atoms with Crippen LogP contribution >= 0.6 is 11.8 Å². The minimum atomic E-state index is 0.676. The molecule has 108 valence electrons. The fourth-order valence-corrected chi connectivity index (χ4v) is 2.96. The average Bonchev–Trinajstić information content (AvgIpc) is 2.44. The molecule has 1 N–H and O–H groups in total. The molecule has 3 heteroatoms. The second-order valence-electron chi connectivity index (χ2n) is 5.52. The summed E-state index contributed by atoms with van der Waals surface area (Å²) in [6.45, 7) is 8.63. The van der Waals surface area contributed by atoms with Crippen LogP contribution in [0.25, 0.3) is 10.9 Å². The number of fused-ring (bicyclic) bond motifs is 1. The van der Waals surface area contributed by atoms with E-state index in [9.17, 15) is 0 Å². The summed E-state index contributed by atoms with van der Waals surface area (Å²) in [7, 11) is 0. The summed E-state index contributed by atoms with van der Waals surface area (Å²) in [5, 5.41) is 5.94. The fourth-order valence-electron chi connectivity index (χ4n) is 2.09. The van der Waals surface area contributed by atoms with Gasteiger partial charge >= 0.3 is 0 Å². The molecule has 0 amide bonds. The van der Waals surface area contributed by atoms with Crippen LogP contribution in [0.2, 0.25) is 0 Å². The zero-order chi connectivity index (χ0) is 14.4. The molecule has 2 rings (SSSR count). The number of aromatic nitrogens is 1. The lowest BCUT2D eigenvalue weighted by Gasteiger charge is -2.12. The third-order valence-electron chi connectivity index (χ3n) is 3.07. The standard InChI is InChI=1S/C17H24N2S/c1-4-9-20-17-15(12-18-11-13(2)3)10-14-7-5-6-8-16(14)19-17/h5-8,10,13,18H,4,9,11-12H2,1-3H3. The first kappa shape index (κ1) is 15.3. The molecule has 2 aromatic rings. The van der Waals surface area contributed by atoms with E-state index in [1.807, 2.05) is 11.8 Å². The minimum absolute atomic E-state index is 0.676. The van der Waals surface area contributed by atoms with Crippen LogP contribution in [0.3, 0.4) is 0 Å². The minimum Gasteiger partial charge on any atom is -0.312 e. The molecule has 0 atom stereocenters. The summed E-state index contributed by atoms with van der Waals surface area (Å²) < 4.78 is 0. The first-order valence-corrected chi connectivity index (χ1v) is 8.41. The molecule has 1 heterocycles. The van der Waals surface area contributed by atoms with Crippen molar-refractivity contribution in [1.29, 1.82) is 0 Å². The van der Waals surface area contributed by atoms with E-state index in [1.54, 1.807) is 0 Å². The first-order valence-electron chi connectivity index (χ1n) is 7.43. The molecule has 2 nitrogen and oxygen atoms in total. The molecule has 1 aromatic heterocycles. The van der Waals surface area contributed by atoms with E-state index in [4.69, 9.17) is 4.98 Å². The molecule has 0 fully saturated rings. The van der Waals surface area contributed by atoms with Gasteiger partial charge in [-0.05, 0) is 42.3 Å². The van der Waals surface area contributed by atoms with Gasteiger partial charge in [-0.1, -0.05) is 39.0 Å². The van der Waals surface area contributed by atoms with Crippen molar-refractivity contribution in [3.05, 3.63) is 35.9 Å². The Bertz CT molecular complexity index is 552. The Kier molecular flexibility index (Phi) is 5.86. The van der Waals surface area contributed by atoms with Crippen LogP contribution in [-0.2, 0) is 6.54 Å². The molecular formula is C17H24N2S. The topological polar surface area (TPSA) is 24.9 Å². The molecule has 0 bridgehead atoms. The van der Waals surface area contributed by atoms with E-state index >= 15 is 0 Å². The summed E-state index contributed by atoms with van der Waals surface area (Å²) >= 11 is 1.87. The Morgan fingerprint density at radius 2 is 2.05 bits per heavy atom. The lowest BCUT2D eigenvalue weighted by atomic mass is 10.1. The molecule has 0 saturated heterocycles. The van der Waals surface area contributed by atoms with Gasteiger partial charge in [-0.2, -0.15) is 0 Å². The smallest absolute Gasteiger partial charge is 0.101 e. The van der Waals surface area contributed by atoms with Crippen molar-refractivity contribution >= 4 is 22.7 Å². The summed E-state index contributed by atoms with van der Waals surface area (Å²) in [5.74, 6) is 1.80. The predicted octanol–water partition coefficient (Wildman–Crippen LogP) is 4.48. The summed E-state index contributed by atoms with van der Waals surface area (Å²) in [5.41, 5.74) is 2.42. The van der Waals surface area contributed by atoms with Crippen molar-refractivity contribution in [3.63, 3.8) is 0 Å². The number of hydrogen-bond donors (Lipinski definition) is 1. The van der Waals surface area contributed by atoms with Crippen molar-refractivity contribution in [2.75, 3.05) is 12.3 Å². The van der Waals surface area contributed by atoms with Gasteiger partial charge in [-0.15, -0.1) is 11.8 Å². The Balaban J connectivity index is 2.23. The second-order valence-corrected chi connectivity index (χ2v) is 6.60. The third-order valence-corrected chi connectivity index (χ3v) is 4.31. The highest BCUT2D eigenvalue weighted by atomic mass is 32.2. The lowest BCUT2D eigenvalue weighted by molar-refractivity contribution is 0.549. The zero-order valence-corrected chi connectivity index (χ0v) is 13.5. The second kappa shape index (κ2) is 7.65. The van der Waals surface area contributed by atoms with Gasteiger partial charge in [0.25, 0.3) is 0 Å². The Labute approximate surface area is 126 Å². The van der Waals surface area contributed by atoms with Gasteiger partial charge in [0, 0.05) is 11.9 Å². The van der Waals surface area contributed by atoms with Crippen LogP contribution in [0.5, 0.6) is 0 Å². The van der Waals surface area contributed by atoms with E-state index in [0.29, 0.717) is 5.92 Å². The van der Waals surface area contributed by atoms with Gasteiger partial charge in [0.1, 0.15) is 5.03 Å². The molecular weight excluding hydrogens is 264 g/mol. The van der Waals surface area contributed by atoms with Crippen molar-refractivity contribution in [2.24, 2.45) is 5.92 Å². The SMILES string of the molecule is CCCSc1nc2ccccc2cc1CNCC(C)C. The van der Waals surface area contributed by atoms with Crippen LogP contribution in [0.4, 0.5) is 0 Å². The van der Waals surface area contributed by atoms with Gasteiger partial charge in [0.15, 0.2) is 0 Å². The molecule has 0 radical (unpaired) electrons. The largest absolute Gasteiger partial charge is 0.312 e. The van der Waals surface area contributed by atoms with E-state index in [0.717, 1.165) is 24.4 Å². The van der Waals surface area contributed by atoms with E-state index in [-0.39, 0.29) is 0 Å². The quantitative estimate of drug-likeness (QED) is 0.760. The normalized spacial score (nSPS) is 11.4. The molecule has 0 aliphatic rings. The van der Waals surface area contributed by atoms with Crippen molar-refractivity contribution in [1.82, 2.24) is 10.3 Å². The maximum atomic E-state index is 4.83. The van der Waals surface area contributed by atoms with Crippen molar-refractivity contribution in [2.45, 2.75) is 38.8 Å². The van der Waals surface area contributed by atoms with Crippen LogP contribution < -0.4 is 5.32 Å². The highest BCUT2D eigenvalue weighted by Crippen LogP contribution is 2.25. The number of rotatable bonds is 7. The maximum absolute atomic E-state index is 4.83. The Hall–Kier alpha value is -1.06. The van der Waals surface area contributed by atoms with Crippen molar-refractivity contribution in [3.8, 4) is 0 Å². The number of thioether (sulfide) groups is 1. The molecule has 0 aliphatic carbocycles. The van der Waals surface area contributed by atoms with Gasteiger partial charge in [-0.3, -0.25) is 0 Å². The van der Waals surface area contributed by atoms with E-state index < -0.39 is 0 Å². The molecule has 0 unspecified atom stereocenters. The predicted molar refractivity (Wildman–Crippen MR) is 89.3 cm³/mol. The molecule has 0 saturated carbocycles. The van der Waals surface area contributed by atoms with Crippen LogP contribution in [-0.4, -0.2) is 17.3 Å². The molecule has 0 spiro atoms. The van der Waals surface area contributed by atoms with Crippen molar-refractivity contribution < 1.29 is 0 Å². The number of pyridine rings is 1. The molecule has 1 aromatic carbocycles. The van der Waals surface area contributed by atoms with E-state index in [2.05, 4.69) is 56.4 Å². The number of hydrogen-bond acceptors (Lipinski definition) is 3. The fraction of sp³-hybridized carbons (Fsp3) is 0.471. The van der Waals surface area contributed by atoms with Crippen LogP contribution in [0.15, 0.2) is 35.4 Å².